The lowest BCUT2D eigenvalue weighted by atomic mass is 9.98. The Morgan fingerprint density at radius 2 is 1.88 bits per heavy atom. The second-order valence-corrected chi connectivity index (χ2v) is 4.87. The molecule has 0 saturated carbocycles. The highest BCUT2D eigenvalue weighted by molar-refractivity contribution is 5.41. The Balaban J connectivity index is 2.88. The van der Waals surface area contributed by atoms with Crippen LogP contribution in [0.3, 0.4) is 0 Å². The van der Waals surface area contributed by atoms with Crippen molar-refractivity contribution >= 4 is 0 Å². The highest BCUT2D eigenvalue weighted by atomic mass is 16.5. The molecular weight excluding hydrogens is 210 g/mol. The Hall–Kier alpha value is -1.02. The molecule has 96 valence electrons. The van der Waals surface area contributed by atoms with E-state index in [1.807, 2.05) is 0 Å². The van der Waals surface area contributed by atoms with E-state index < -0.39 is 0 Å². The number of nitrogens with zero attached hydrogens (tertiary/aromatic N) is 1. The van der Waals surface area contributed by atoms with Gasteiger partial charge in [0.1, 0.15) is 5.75 Å². The highest BCUT2D eigenvalue weighted by Crippen LogP contribution is 2.23. The first-order valence-corrected chi connectivity index (χ1v) is 6.33. The van der Waals surface area contributed by atoms with Crippen molar-refractivity contribution in [3.05, 3.63) is 28.8 Å². The van der Waals surface area contributed by atoms with Crippen LogP contribution in [0.4, 0.5) is 0 Å². The van der Waals surface area contributed by atoms with Crippen LogP contribution in [0.2, 0.25) is 0 Å². The lowest BCUT2D eigenvalue weighted by molar-refractivity contribution is 0.269. The zero-order chi connectivity index (χ0) is 13.0. The Morgan fingerprint density at radius 1 is 1.24 bits per heavy atom. The third-order valence-electron chi connectivity index (χ3n) is 3.62. The van der Waals surface area contributed by atoms with Gasteiger partial charge in [-0.1, -0.05) is 13.0 Å². The summed E-state index contributed by atoms with van der Waals surface area (Å²) in [4.78, 5) is 2.37. The third-order valence-corrected chi connectivity index (χ3v) is 3.62. The van der Waals surface area contributed by atoms with Crippen molar-refractivity contribution < 1.29 is 4.74 Å². The highest BCUT2D eigenvalue weighted by Gasteiger charge is 2.11. The molecule has 0 aliphatic rings. The second-order valence-electron chi connectivity index (χ2n) is 4.87. The Morgan fingerprint density at radius 3 is 2.41 bits per heavy atom. The number of benzene rings is 1. The van der Waals surface area contributed by atoms with Gasteiger partial charge in [0.15, 0.2) is 0 Å². The van der Waals surface area contributed by atoms with Gasteiger partial charge in [0.2, 0.25) is 0 Å². The van der Waals surface area contributed by atoms with Crippen LogP contribution in [0.5, 0.6) is 5.75 Å². The monoisotopic (exact) mass is 235 g/mol. The van der Waals surface area contributed by atoms with Crippen molar-refractivity contribution in [2.45, 2.75) is 40.2 Å². The number of rotatable bonds is 5. The van der Waals surface area contributed by atoms with E-state index in [0.717, 1.165) is 18.7 Å². The van der Waals surface area contributed by atoms with Gasteiger partial charge in [-0.2, -0.15) is 0 Å². The first kappa shape index (κ1) is 14.0. The van der Waals surface area contributed by atoms with E-state index in [-0.39, 0.29) is 0 Å². The first-order chi connectivity index (χ1) is 7.99. The van der Waals surface area contributed by atoms with E-state index in [4.69, 9.17) is 4.74 Å². The maximum atomic E-state index is 5.34. The number of hydrogen-bond donors (Lipinski definition) is 0. The van der Waals surface area contributed by atoms with E-state index >= 15 is 0 Å². The van der Waals surface area contributed by atoms with Crippen molar-refractivity contribution in [3.63, 3.8) is 0 Å². The number of aryl methyl sites for hydroxylation is 2. The molecule has 2 heteroatoms. The van der Waals surface area contributed by atoms with E-state index in [0.29, 0.717) is 6.04 Å². The predicted molar refractivity (Wildman–Crippen MR) is 73.9 cm³/mol. The molecule has 17 heavy (non-hydrogen) atoms. The fourth-order valence-electron chi connectivity index (χ4n) is 2.08. The smallest absolute Gasteiger partial charge is 0.122 e. The van der Waals surface area contributed by atoms with Gasteiger partial charge in [0.25, 0.3) is 0 Å². The molecule has 1 atom stereocenters. The minimum Gasteiger partial charge on any atom is -0.496 e. The van der Waals surface area contributed by atoms with Gasteiger partial charge in [0, 0.05) is 6.04 Å². The first-order valence-electron chi connectivity index (χ1n) is 6.33. The normalized spacial score (nSPS) is 12.9. The standard InChI is InChI=1S/C15H25NO/c1-7-16(5)13(4)10-14-8-12(3)15(17-6)9-11(14)2/h8-9,13H,7,10H2,1-6H3. The van der Waals surface area contributed by atoms with Gasteiger partial charge >= 0.3 is 0 Å². The summed E-state index contributed by atoms with van der Waals surface area (Å²) < 4.78 is 5.34. The van der Waals surface area contributed by atoms with Crippen LogP contribution in [0.15, 0.2) is 12.1 Å². The molecule has 0 N–H and O–H groups in total. The van der Waals surface area contributed by atoms with Crippen LogP contribution in [0.1, 0.15) is 30.5 Å². The largest absolute Gasteiger partial charge is 0.496 e. The van der Waals surface area contributed by atoms with Crippen LogP contribution in [-0.2, 0) is 6.42 Å². The van der Waals surface area contributed by atoms with Crippen LogP contribution in [-0.4, -0.2) is 31.6 Å². The number of hydrogen-bond acceptors (Lipinski definition) is 2. The fraction of sp³-hybridized carbons (Fsp3) is 0.600. The Bertz CT molecular complexity index is 373. The zero-order valence-corrected chi connectivity index (χ0v) is 12.0. The number of ether oxygens (including phenoxy) is 1. The molecule has 2 nitrogen and oxygen atoms in total. The van der Waals surface area contributed by atoms with Crippen molar-refractivity contribution in [3.8, 4) is 5.75 Å². The summed E-state index contributed by atoms with van der Waals surface area (Å²) >= 11 is 0. The lowest BCUT2D eigenvalue weighted by Gasteiger charge is -2.24. The molecule has 0 aliphatic carbocycles. The third kappa shape index (κ3) is 3.47. The Labute approximate surface area is 106 Å². The average Bonchev–Trinajstić information content (AvgIpc) is 2.32. The molecule has 0 amide bonds. The van der Waals surface area contributed by atoms with Crippen molar-refractivity contribution in [2.24, 2.45) is 0 Å². The maximum Gasteiger partial charge on any atom is 0.122 e. The molecule has 0 aliphatic heterocycles. The molecule has 1 aromatic carbocycles. The van der Waals surface area contributed by atoms with E-state index in [1.54, 1.807) is 7.11 Å². The molecule has 0 spiro atoms. The molecule has 0 bridgehead atoms. The van der Waals surface area contributed by atoms with Crippen molar-refractivity contribution in [2.75, 3.05) is 20.7 Å². The number of likely N-dealkylation sites (N-methyl/N-ethyl adjacent to an activating group) is 1. The summed E-state index contributed by atoms with van der Waals surface area (Å²) in [7, 11) is 3.91. The quantitative estimate of drug-likeness (QED) is 0.777. The molecule has 1 rings (SSSR count). The minimum atomic E-state index is 0.575. The molecular formula is C15H25NO. The summed E-state index contributed by atoms with van der Waals surface area (Å²) in [6.45, 7) is 9.84. The van der Waals surface area contributed by atoms with Gasteiger partial charge in [-0.15, -0.1) is 0 Å². The molecule has 0 radical (unpaired) electrons. The van der Waals surface area contributed by atoms with Crippen LogP contribution >= 0.6 is 0 Å². The lowest BCUT2D eigenvalue weighted by Crippen LogP contribution is -2.30. The van der Waals surface area contributed by atoms with Gasteiger partial charge in [-0.05, 0) is 63.5 Å². The number of methoxy groups -OCH3 is 1. The average molecular weight is 235 g/mol. The maximum absolute atomic E-state index is 5.34. The molecule has 0 fully saturated rings. The van der Waals surface area contributed by atoms with Crippen molar-refractivity contribution in [1.29, 1.82) is 0 Å². The topological polar surface area (TPSA) is 12.5 Å². The molecule has 0 aromatic heterocycles. The van der Waals surface area contributed by atoms with E-state index in [1.165, 1.54) is 16.7 Å². The molecule has 1 unspecified atom stereocenters. The fourth-order valence-corrected chi connectivity index (χ4v) is 2.08. The zero-order valence-electron chi connectivity index (χ0n) is 12.0. The van der Waals surface area contributed by atoms with Gasteiger partial charge in [0.05, 0.1) is 7.11 Å². The SMILES string of the molecule is CCN(C)C(C)Cc1cc(C)c(OC)cc1C. The summed E-state index contributed by atoms with van der Waals surface area (Å²) in [5, 5.41) is 0. The summed E-state index contributed by atoms with van der Waals surface area (Å²) in [6.07, 6.45) is 1.10. The van der Waals surface area contributed by atoms with E-state index in [9.17, 15) is 0 Å². The van der Waals surface area contributed by atoms with Crippen LogP contribution in [0.25, 0.3) is 0 Å². The molecule has 0 heterocycles. The second kappa shape index (κ2) is 6.06. The van der Waals surface area contributed by atoms with Crippen LogP contribution < -0.4 is 4.74 Å². The van der Waals surface area contributed by atoms with Gasteiger partial charge in [-0.3, -0.25) is 0 Å². The molecule has 0 saturated heterocycles. The summed E-state index contributed by atoms with van der Waals surface area (Å²) in [6, 6.07) is 4.98. The summed E-state index contributed by atoms with van der Waals surface area (Å²) in [5.41, 5.74) is 3.97. The van der Waals surface area contributed by atoms with Crippen LogP contribution in [0, 0.1) is 13.8 Å². The minimum absolute atomic E-state index is 0.575. The van der Waals surface area contributed by atoms with Crippen molar-refractivity contribution in [1.82, 2.24) is 4.90 Å². The van der Waals surface area contributed by atoms with E-state index in [2.05, 4.69) is 51.8 Å². The molecule has 1 aromatic rings. The predicted octanol–water partition coefficient (Wildman–Crippen LogP) is 3.19. The van der Waals surface area contributed by atoms with Gasteiger partial charge in [-0.25, -0.2) is 0 Å². The Kier molecular flexibility index (Phi) is 5.01. The summed E-state index contributed by atoms with van der Waals surface area (Å²) in [5.74, 6) is 0.989. The van der Waals surface area contributed by atoms with Gasteiger partial charge < -0.3 is 9.64 Å².